The number of rotatable bonds is 18. The van der Waals surface area contributed by atoms with Gasteiger partial charge in [-0.1, -0.05) is 146 Å². The highest BCUT2D eigenvalue weighted by molar-refractivity contribution is 5.93. The van der Waals surface area contributed by atoms with E-state index in [-0.39, 0.29) is 46.6 Å². The molecule has 0 saturated carbocycles. The van der Waals surface area contributed by atoms with E-state index in [2.05, 4.69) is 0 Å². The van der Waals surface area contributed by atoms with E-state index in [4.69, 9.17) is 47.4 Å². The highest BCUT2D eigenvalue weighted by Crippen LogP contribution is 2.33. The molecule has 0 amide bonds. The highest BCUT2D eigenvalue weighted by atomic mass is 16.8. The lowest BCUT2D eigenvalue weighted by Gasteiger charge is -2.24. The topological polar surface area (TPSA) is 229 Å². The summed E-state index contributed by atoms with van der Waals surface area (Å²) in [5.41, 5.74) is 1.96. The van der Waals surface area contributed by atoms with Gasteiger partial charge in [0, 0.05) is 0 Å². The van der Waals surface area contributed by atoms with Crippen LogP contribution in [0.1, 0.15) is 82.9 Å². The summed E-state index contributed by atoms with van der Waals surface area (Å²) >= 11 is 0. The Morgan fingerprint density at radius 3 is 0.631 bits per heavy atom. The third kappa shape index (κ3) is 15.5. The van der Waals surface area contributed by atoms with Crippen LogP contribution in [0.25, 0.3) is 0 Å². The Labute approximate surface area is 481 Å². The zero-order valence-corrected chi connectivity index (χ0v) is 44.5. The van der Waals surface area contributed by atoms with E-state index in [1.165, 1.54) is 0 Å². The zero-order valence-electron chi connectivity index (χ0n) is 44.5. The first kappa shape index (κ1) is 58.1. The van der Waals surface area contributed by atoms with Crippen molar-refractivity contribution in [2.24, 2.45) is 0 Å². The van der Waals surface area contributed by atoms with Gasteiger partial charge in [-0.2, -0.15) is 0 Å². The molecule has 2 aliphatic rings. The molecule has 8 atom stereocenters. The molecular weight excluding hydrogens is 1080 g/mol. The Morgan fingerprint density at radius 1 is 0.238 bits per heavy atom. The third-order valence-corrected chi connectivity index (χ3v) is 12.8. The van der Waals surface area contributed by atoms with Crippen molar-refractivity contribution in [1.29, 1.82) is 0 Å². The summed E-state index contributed by atoms with van der Waals surface area (Å²) in [6.45, 7) is -0.779. The van der Waals surface area contributed by atoms with Crippen molar-refractivity contribution in [3.05, 3.63) is 287 Å². The molecule has 0 radical (unpaired) electrons. The van der Waals surface area contributed by atoms with Gasteiger partial charge in [-0.3, -0.25) is 0 Å². The molecule has 8 aromatic rings. The Hall–Kier alpha value is -10.6. The fourth-order valence-corrected chi connectivity index (χ4v) is 8.57. The Balaban J connectivity index is 0.000000202. The molecule has 0 bridgehead atoms. The molecule has 2 aliphatic heterocycles. The first-order chi connectivity index (χ1) is 41.0. The largest absolute Gasteiger partial charge is 0.459 e. The summed E-state index contributed by atoms with van der Waals surface area (Å²) in [6.07, 6.45) is -10.7. The second-order valence-electron chi connectivity index (χ2n) is 18.5. The van der Waals surface area contributed by atoms with E-state index in [1.54, 1.807) is 243 Å². The van der Waals surface area contributed by atoms with Crippen molar-refractivity contribution in [3.63, 3.8) is 0 Å². The van der Waals surface area contributed by atoms with Crippen molar-refractivity contribution < 1.29 is 85.7 Å². The van der Waals surface area contributed by atoms with Crippen LogP contribution in [-0.4, -0.2) is 110 Å². The summed E-state index contributed by atoms with van der Waals surface area (Å²) < 4.78 is 57.2. The van der Waals surface area contributed by atoms with E-state index >= 15 is 0 Å². The van der Waals surface area contributed by atoms with Crippen LogP contribution in [0.4, 0.5) is 0 Å². The van der Waals surface area contributed by atoms with Crippen LogP contribution in [0.15, 0.2) is 243 Å². The SMILES string of the molecule is O=C(OCC1OC(OC(=O)c2ccccc2)C(OC(=O)c2ccccc2)C1OC(=O)c1ccccc1)c1ccccc1.O=C(OCC1OC(OC(=O)c2ccccc2)C(OC(=O)c2ccccc2)C1OC(=O)c1ccccc1)c1ccccc1. The second kappa shape index (κ2) is 28.7. The number of carbonyl (C=O) groups excluding carboxylic acids is 8. The second-order valence-corrected chi connectivity index (χ2v) is 18.5. The highest BCUT2D eigenvalue weighted by Gasteiger charge is 2.54. The molecule has 0 aromatic heterocycles. The molecule has 10 rings (SSSR count). The predicted octanol–water partition coefficient (Wildman–Crippen LogP) is 9.75. The minimum Gasteiger partial charge on any atom is -0.459 e. The van der Waals surface area contributed by atoms with Crippen molar-refractivity contribution in [1.82, 2.24) is 0 Å². The zero-order chi connectivity index (χ0) is 58.6. The molecule has 8 aromatic carbocycles. The van der Waals surface area contributed by atoms with E-state index in [0.717, 1.165) is 0 Å². The number of hydrogen-bond acceptors (Lipinski definition) is 18. The van der Waals surface area contributed by atoms with Crippen LogP contribution in [0, 0.1) is 0 Å². The molecular formula is C66H52O18. The maximum atomic E-state index is 13.1. The van der Waals surface area contributed by atoms with Crippen LogP contribution in [0.5, 0.6) is 0 Å². The molecule has 18 heteroatoms. The van der Waals surface area contributed by atoms with Gasteiger partial charge in [0.2, 0.25) is 24.8 Å². The average Bonchev–Trinajstić information content (AvgIpc) is 4.03. The molecule has 0 aliphatic carbocycles. The molecule has 424 valence electrons. The average molecular weight is 1130 g/mol. The van der Waals surface area contributed by atoms with Gasteiger partial charge in [0.1, 0.15) is 25.4 Å². The van der Waals surface area contributed by atoms with Crippen molar-refractivity contribution in [2.45, 2.75) is 49.2 Å². The maximum absolute atomic E-state index is 13.1. The van der Waals surface area contributed by atoms with Crippen molar-refractivity contribution in [2.75, 3.05) is 13.2 Å². The smallest absolute Gasteiger partial charge is 0.340 e. The molecule has 18 nitrogen and oxygen atoms in total. The van der Waals surface area contributed by atoms with Gasteiger partial charge < -0.3 is 47.4 Å². The van der Waals surface area contributed by atoms with Gasteiger partial charge in [-0.05, 0) is 97.1 Å². The van der Waals surface area contributed by atoms with Crippen molar-refractivity contribution >= 4 is 47.8 Å². The fraction of sp³-hybridized carbons (Fsp3) is 0.152. The number of hydrogen-bond donors (Lipinski definition) is 0. The normalized spacial score (nSPS) is 19.3. The Kier molecular flexibility index (Phi) is 19.9. The summed E-state index contributed by atoms with van der Waals surface area (Å²) in [5, 5.41) is 0. The number of benzene rings is 8. The molecule has 84 heavy (non-hydrogen) atoms. The Morgan fingerprint density at radius 2 is 0.417 bits per heavy atom. The quantitative estimate of drug-likeness (QED) is 0.0575. The summed E-state index contributed by atoms with van der Waals surface area (Å²) in [7, 11) is 0. The van der Waals surface area contributed by atoms with Gasteiger partial charge in [0.25, 0.3) is 0 Å². The molecule has 0 N–H and O–H groups in total. The summed E-state index contributed by atoms with van der Waals surface area (Å²) in [6, 6.07) is 65.6. The molecule has 8 unspecified atom stereocenters. The lowest BCUT2D eigenvalue weighted by molar-refractivity contribution is -0.141. The monoisotopic (exact) mass is 1130 g/mol. The lowest BCUT2D eigenvalue weighted by atomic mass is 10.1. The van der Waals surface area contributed by atoms with Crippen LogP contribution >= 0.6 is 0 Å². The number of ether oxygens (including phenoxy) is 10. The van der Waals surface area contributed by atoms with Gasteiger partial charge in [-0.25, -0.2) is 38.4 Å². The van der Waals surface area contributed by atoms with E-state index in [9.17, 15) is 38.4 Å². The minimum atomic E-state index is -1.49. The first-order valence-electron chi connectivity index (χ1n) is 26.3. The number of carbonyl (C=O) groups is 8. The molecule has 2 heterocycles. The molecule has 2 saturated heterocycles. The van der Waals surface area contributed by atoms with Crippen LogP contribution < -0.4 is 0 Å². The van der Waals surface area contributed by atoms with E-state index in [1.807, 2.05) is 0 Å². The number of esters is 8. The van der Waals surface area contributed by atoms with Gasteiger partial charge in [0.05, 0.1) is 44.5 Å². The Bertz CT molecular complexity index is 3250. The molecule has 0 spiro atoms. The van der Waals surface area contributed by atoms with Crippen molar-refractivity contribution in [3.8, 4) is 0 Å². The van der Waals surface area contributed by atoms with Gasteiger partial charge in [0.15, 0.2) is 12.2 Å². The van der Waals surface area contributed by atoms with Gasteiger partial charge >= 0.3 is 47.8 Å². The standard InChI is InChI=1S/2C33H26O9/c2*34-29(22-13-5-1-6-14-22)38-21-26-27(40-30(35)23-15-7-2-8-16-23)28(41-31(36)24-17-9-3-10-18-24)33(39-26)42-32(37)25-19-11-4-12-20-25/h2*1-20,26-28,33H,21H2. The summed E-state index contributed by atoms with van der Waals surface area (Å²) in [4.78, 5) is 104. The summed E-state index contributed by atoms with van der Waals surface area (Å²) in [5.74, 6) is -5.78. The predicted molar refractivity (Wildman–Crippen MR) is 297 cm³/mol. The van der Waals surface area contributed by atoms with Crippen LogP contribution in [0.2, 0.25) is 0 Å². The lowest BCUT2D eigenvalue weighted by Crippen LogP contribution is -2.42. The minimum absolute atomic E-state index is 0.220. The van der Waals surface area contributed by atoms with E-state index in [0.29, 0.717) is 11.1 Å². The van der Waals surface area contributed by atoms with Crippen LogP contribution in [-0.2, 0) is 47.4 Å². The van der Waals surface area contributed by atoms with Gasteiger partial charge in [-0.15, -0.1) is 0 Å². The maximum Gasteiger partial charge on any atom is 0.340 e. The van der Waals surface area contributed by atoms with Crippen LogP contribution in [0.3, 0.4) is 0 Å². The third-order valence-electron chi connectivity index (χ3n) is 12.8. The fourth-order valence-electron chi connectivity index (χ4n) is 8.57. The van der Waals surface area contributed by atoms with E-state index < -0.39 is 97.0 Å². The first-order valence-corrected chi connectivity index (χ1v) is 26.3. The molecule has 2 fully saturated rings.